The molecule has 60 valence electrons. The quantitative estimate of drug-likeness (QED) is 0.626. The third-order valence-electron chi connectivity index (χ3n) is 2.32. The molecule has 1 rings (SSSR count). The molecule has 0 aliphatic heterocycles. The summed E-state index contributed by atoms with van der Waals surface area (Å²) >= 11 is 0. The predicted octanol–water partition coefficient (Wildman–Crippen LogP) is 2.16. The molecule has 0 unspecified atom stereocenters. The van der Waals surface area contributed by atoms with Crippen LogP contribution in [-0.2, 0) is 0 Å². The van der Waals surface area contributed by atoms with Crippen molar-refractivity contribution in [3.63, 3.8) is 0 Å². The smallest absolute Gasteiger partial charge is 0.0161 e. The maximum atomic E-state index is 6.09. The molecule has 0 spiro atoms. The summed E-state index contributed by atoms with van der Waals surface area (Å²) in [6.07, 6.45) is 3.69. The SMILES string of the molecule is CC(C)CC1(N)CC(C)C1. The molecular formula is C9H19N. The fourth-order valence-electron chi connectivity index (χ4n) is 2.31. The van der Waals surface area contributed by atoms with E-state index in [2.05, 4.69) is 20.8 Å². The van der Waals surface area contributed by atoms with Gasteiger partial charge in [-0.15, -0.1) is 0 Å². The van der Waals surface area contributed by atoms with Gasteiger partial charge in [-0.2, -0.15) is 0 Å². The Labute approximate surface area is 64.0 Å². The number of nitrogens with two attached hydrogens (primary N) is 1. The monoisotopic (exact) mass is 141 g/mol. The third-order valence-corrected chi connectivity index (χ3v) is 2.32. The first-order chi connectivity index (χ1) is 4.52. The van der Waals surface area contributed by atoms with E-state index in [1.165, 1.54) is 19.3 Å². The largest absolute Gasteiger partial charge is 0.325 e. The highest BCUT2D eigenvalue weighted by atomic mass is 14.8. The van der Waals surface area contributed by atoms with Gasteiger partial charge in [-0.1, -0.05) is 20.8 Å². The standard InChI is InChI=1S/C9H19N/c1-7(2)4-9(10)5-8(3)6-9/h7-8H,4-6,10H2,1-3H3. The van der Waals surface area contributed by atoms with Gasteiger partial charge in [0, 0.05) is 5.54 Å². The van der Waals surface area contributed by atoms with E-state index in [1.807, 2.05) is 0 Å². The molecule has 1 saturated carbocycles. The van der Waals surface area contributed by atoms with Crippen LogP contribution in [0, 0.1) is 11.8 Å². The Balaban J connectivity index is 2.27. The molecule has 0 saturated heterocycles. The molecule has 0 aromatic carbocycles. The van der Waals surface area contributed by atoms with Gasteiger partial charge in [-0.25, -0.2) is 0 Å². The predicted molar refractivity (Wildman–Crippen MR) is 44.8 cm³/mol. The summed E-state index contributed by atoms with van der Waals surface area (Å²) in [4.78, 5) is 0. The Kier molecular flexibility index (Phi) is 2.04. The highest BCUT2D eigenvalue weighted by Crippen LogP contribution is 2.39. The Morgan fingerprint density at radius 1 is 1.50 bits per heavy atom. The van der Waals surface area contributed by atoms with Crippen LogP contribution in [0.2, 0.25) is 0 Å². The molecule has 1 aliphatic carbocycles. The fraction of sp³-hybridized carbons (Fsp3) is 1.00. The lowest BCUT2D eigenvalue weighted by Gasteiger charge is -2.44. The first-order valence-electron chi connectivity index (χ1n) is 4.31. The van der Waals surface area contributed by atoms with Gasteiger partial charge in [0.15, 0.2) is 0 Å². The van der Waals surface area contributed by atoms with Crippen LogP contribution in [0.25, 0.3) is 0 Å². The van der Waals surface area contributed by atoms with Crippen LogP contribution < -0.4 is 5.73 Å². The molecule has 0 bridgehead atoms. The van der Waals surface area contributed by atoms with Crippen LogP contribution in [-0.4, -0.2) is 5.54 Å². The summed E-state index contributed by atoms with van der Waals surface area (Å²) in [7, 11) is 0. The van der Waals surface area contributed by atoms with Crippen molar-refractivity contribution < 1.29 is 0 Å². The second-order valence-electron chi connectivity index (χ2n) is 4.47. The van der Waals surface area contributed by atoms with E-state index in [-0.39, 0.29) is 5.54 Å². The zero-order valence-electron chi connectivity index (χ0n) is 7.35. The van der Waals surface area contributed by atoms with Crippen molar-refractivity contribution in [1.29, 1.82) is 0 Å². The highest BCUT2D eigenvalue weighted by Gasteiger charge is 2.38. The lowest BCUT2D eigenvalue weighted by atomic mass is 9.66. The van der Waals surface area contributed by atoms with Crippen LogP contribution >= 0.6 is 0 Å². The number of hydrogen-bond acceptors (Lipinski definition) is 1. The average molecular weight is 141 g/mol. The van der Waals surface area contributed by atoms with E-state index in [9.17, 15) is 0 Å². The Hall–Kier alpha value is -0.0400. The maximum absolute atomic E-state index is 6.09. The first-order valence-corrected chi connectivity index (χ1v) is 4.31. The summed E-state index contributed by atoms with van der Waals surface area (Å²) in [5, 5.41) is 0. The summed E-state index contributed by atoms with van der Waals surface area (Å²) in [6.45, 7) is 6.78. The summed E-state index contributed by atoms with van der Waals surface area (Å²) in [5.41, 5.74) is 6.31. The molecule has 1 nitrogen and oxygen atoms in total. The normalized spacial score (nSPS) is 39.9. The summed E-state index contributed by atoms with van der Waals surface area (Å²) in [5.74, 6) is 1.64. The van der Waals surface area contributed by atoms with Crippen LogP contribution in [0.3, 0.4) is 0 Å². The number of rotatable bonds is 2. The fourth-order valence-corrected chi connectivity index (χ4v) is 2.31. The third kappa shape index (κ3) is 1.72. The molecule has 0 aromatic rings. The second-order valence-corrected chi connectivity index (χ2v) is 4.47. The Morgan fingerprint density at radius 2 is 2.00 bits per heavy atom. The van der Waals surface area contributed by atoms with E-state index in [0.717, 1.165) is 11.8 Å². The molecule has 2 N–H and O–H groups in total. The molecule has 1 fully saturated rings. The minimum absolute atomic E-state index is 0.216. The zero-order valence-corrected chi connectivity index (χ0v) is 7.35. The zero-order chi connectivity index (χ0) is 7.78. The minimum Gasteiger partial charge on any atom is -0.325 e. The Bertz CT molecular complexity index is 112. The average Bonchev–Trinajstić information content (AvgIpc) is 1.57. The van der Waals surface area contributed by atoms with Crippen molar-refractivity contribution in [2.75, 3.05) is 0 Å². The lowest BCUT2D eigenvalue weighted by Crippen LogP contribution is -2.51. The van der Waals surface area contributed by atoms with E-state index in [0.29, 0.717) is 0 Å². The van der Waals surface area contributed by atoms with Gasteiger partial charge in [-0.3, -0.25) is 0 Å². The van der Waals surface area contributed by atoms with Crippen LogP contribution in [0.4, 0.5) is 0 Å². The molecule has 0 heterocycles. The molecule has 1 aliphatic rings. The molecule has 0 radical (unpaired) electrons. The van der Waals surface area contributed by atoms with Crippen LogP contribution in [0.15, 0.2) is 0 Å². The van der Waals surface area contributed by atoms with Gasteiger partial charge in [0.2, 0.25) is 0 Å². The molecular weight excluding hydrogens is 122 g/mol. The maximum Gasteiger partial charge on any atom is 0.0161 e. The summed E-state index contributed by atoms with van der Waals surface area (Å²) < 4.78 is 0. The van der Waals surface area contributed by atoms with Crippen LogP contribution in [0.1, 0.15) is 40.0 Å². The van der Waals surface area contributed by atoms with Crippen molar-refractivity contribution in [2.45, 2.75) is 45.6 Å². The van der Waals surface area contributed by atoms with Crippen molar-refractivity contribution in [3.8, 4) is 0 Å². The summed E-state index contributed by atoms with van der Waals surface area (Å²) in [6, 6.07) is 0. The first kappa shape index (κ1) is 8.06. The molecule has 1 heteroatoms. The van der Waals surface area contributed by atoms with Gasteiger partial charge in [0.25, 0.3) is 0 Å². The van der Waals surface area contributed by atoms with Crippen molar-refractivity contribution in [1.82, 2.24) is 0 Å². The van der Waals surface area contributed by atoms with Gasteiger partial charge in [0.1, 0.15) is 0 Å². The van der Waals surface area contributed by atoms with Crippen molar-refractivity contribution >= 4 is 0 Å². The minimum atomic E-state index is 0.216. The van der Waals surface area contributed by atoms with Crippen molar-refractivity contribution in [3.05, 3.63) is 0 Å². The molecule has 0 atom stereocenters. The van der Waals surface area contributed by atoms with E-state index >= 15 is 0 Å². The van der Waals surface area contributed by atoms with Gasteiger partial charge < -0.3 is 5.73 Å². The lowest BCUT2D eigenvalue weighted by molar-refractivity contribution is 0.135. The highest BCUT2D eigenvalue weighted by molar-refractivity contribution is 4.96. The van der Waals surface area contributed by atoms with Gasteiger partial charge in [0.05, 0.1) is 0 Å². The number of hydrogen-bond donors (Lipinski definition) is 1. The van der Waals surface area contributed by atoms with E-state index < -0.39 is 0 Å². The van der Waals surface area contributed by atoms with Gasteiger partial charge >= 0.3 is 0 Å². The topological polar surface area (TPSA) is 26.0 Å². The second kappa shape index (κ2) is 2.54. The molecule has 0 amide bonds. The van der Waals surface area contributed by atoms with Gasteiger partial charge in [-0.05, 0) is 31.1 Å². The molecule has 10 heavy (non-hydrogen) atoms. The van der Waals surface area contributed by atoms with Crippen LogP contribution in [0.5, 0.6) is 0 Å². The molecule has 0 aromatic heterocycles. The van der Waals surface area contributed by atoms with E-state index in [4.69, 9.17) is 5.73 Å². The van der Waals surface area contributed by atoms with E-state index in [1.54, 1.807) is 0 Å². The Morgan fingerprint density at radius 3 is 2.30 bits per heavy atom. The van der Waals surface area contributed by atoms with Crippen molar-refractivity contribution in [2.24, 2.45) is 17.6 Å².